The predicted molar refractivity (Wildman–Crippen MR) is 288 cm³/mol. The number of ether oxygens (including phenoxy) is 4. The van der Waals surface area contributed by atoms with Gasteiger partial charge < -0.3 is 43.6 Å². The first-order valence-electron chi connectivity index (χ1n) is 31.2. The number of fused-ring (bicyclic) bond motifs is 6. The molecule has 4 bridgehead atoms. The molecule has 14 aliphatic rings. The quantitative estimate of drug-likeness (QED) is 0.120. The molecule has 13 nitrogen and oxygen atoms in total. The van der Waals surface area contributed by atoms with Crippen molar-refractivity contribution < 1.29 is 53.1 Å². The molecule has 21 unspecified atom stereocenters. The number of ketones is 1. The first-order valence-corrected chi connectivity index (χ1v) is 31.2. The number of cyclic esters (lactones) is 1. The van der Waals surface area contributed by atoms with Crippen LogP contribution in [0.2, 0.25) is 0 Å². The standard InChI is InChI=1S/C66H82N2O11/c1-59(2)53-52(71)54(72)64-46-28-38(27-37-9-5-4-6-10-37)11-12-39(46)13-16-43-17-14-42-33-75-49(30-45(48(70)32-69)40-15-18-44-41(29-40)20-26-68-36-67-31-47(44)68)51(42)65(43)60(3,66(64)55(77-66)56(73)78-65)23-19-50(64)63(53)35-76-58(74)62(57(63)79-59)25-24-61(34-62)21-7-8-22-61/h4-6,9-10,20,26,33,38-41,43-48,50,53-55,57,67,69-70,72H,7-8,11-12,14-15,17-19,21-25,27-32,34-36H2,1-3H3. The number of Topliss-reactive ketones (excluding diaryl/α,β-unsaturated/α-hetero) is 1. The van der Waals surface area contributed by atoms with Gasteiger partial charge in [-0.05, 0) is 181 Å². The Bertz CT molecular complexity index is 2970. The van der Waals surface area contributed by atoms with Gasteiger partial charge in [0.25, 0.3) is 0 Å². The normalized spacial score (nSPS) is 48.4. The van der Waals surface area contributed by atoms with Crippen LogP contribution in [0.5, 0.6) is 0 Å². The van der Waals surface area contributed by atoms with Gasteiger partial charge in [0.15, 0.2) is 17.5 Å². The number of carbonyl (C=O) groups excluding carboxylic acids is 3. The molecule has 0 radical (unpaired) electrons. The van der Waals surface area contributed by atoms with Gasteiger partial charge in [0.1, 0.15) is 24.1 Å². The van der Waals surface area contributed by atoms with Crippen molar-refractivity contribution >= 4 is 17.7 Å². The Morgan fingerprint density at radius 1 is 0.924 bits per heavy atom. The summed E-state index contributed by atoms with van der Waals surface area (Å²) in [5.74, 6) is 6.09. The molecule has 1 aromatic heterocycles. The van der Waals surface area contributed by atoms with E-state index in [0.717, 1.165) is 95.0 Å². The highest BCUT2D eigenvalue weighted by molar-refractivity contribution is 5.93. The van der Waals surface area contributed by atoms with Gasteiger partial charge in [-0.3, -0.25) is 14.9 Å². The Balaban J connectivity index is 0.878. The lowest BCUT2D eigenvalue weighted by Crippen LogP contribution is -2.82. The fourth-order valence-electron chi connectivity index (χ4n) is 23.4. The van der Waals surface area contributed by atoms with Gasteiger partial charge in [-0.1, -0.05) is 68.0 Å². The second-order valence-electron chi connectivity index (χ2n) is 29.4. The number of epoxide rings is 1. The van der Waals surface area contributed by atoms with E-state index < -0.39 is 86.6 Å². The fourth-order valence-corrected chi connectivity index (χ4v) is 23.4. The summed E-state index contributed by atoms with van der Waals surface area (Å²) in [5.41, 5.74) is -5.26. The second kappa shape index (κ2) is 17.1. The predicted octanol–water partition coefficient (Wildman–Crippen LogP) is 7.74. The van der Waals surface area contributed by atoms with E-state index >= 15 is 14.4 Å². The lowest BCUT2D eigenvalue weighted by atomic mass is 9.30. The summed E-state index contributed by atoms with van der Waals surface area (Å²) < 4.78 is 36.2. The largest absolute Gasteiger partial charge is 0.469 e. The number of furan rings is 1. The number of carbonyl (C=O) groups is 3. The summed E-state index contributed by atoms with van der Waals surface area (Å²) in [4.78, 5) is 50.0. The Hall–Kier alpha value is -4.03. The van der Waals surface area contributed by atoms with Crippen molar-refractivity contribution in [1.29, 1.82) is 0 Å². The molecule has 0 amide bonds. The number of aryl methyl sites for hydroxylation is 1. The Labute approximate surface area is 465 Å². The van der Waals surface area contributed by atoms with Crippen LogP contribution in [-0.4, -0.2) is 106 Å². The smallest absolute Gasteiger partial charge is 0.339 e. The van der Waals surface area contributed by atoms with E-state index in [4.69, 9.17) is 23.4 Å². The number of aliphatic hydroxyl groups excluding tert-OH is 3. The van der Waals surface area contributed by atoms with Gasteiger partial charge in [-0.2, -0.15) is 0 Å². The molecule has 1 aromatic carbocycles. The van der Waals surface area contributed by atoms with E-state index in [1.807, 2.05) is 20.1 Å². The third-order valence-corrected chi connectivity index (χ3v) is 26.2. The molecule has 6 spiro atoms. The summed E-state index contributed by atoms with van der Waals surface area (Å²) in [7, 11) is 0. The van der Waals surface area contributed by atoms with Crippen molar-refractivity contribution in [3.8, 4) is 11.8 Å². The number of benzene rings is 1. The van der Waals surface area contributed by atoms with E-state index in [0.29, 0.717) is 75.0 Å². The molecule has 79 heavy (non-hydrogen) atoms. The summed E-state index contributed by atoms with van der Waals surface area (Å²) in [5, 5.41) is 40.8. The monoisotopic (exact) mass is 1080 g/mol. The van der Waals surface area contributed by atoms with E-state index in [9.17, 15) is 15.3 Å². The number of nitrogens with zero attached hydrogens (tertiary/aromatic N) is 1. The van der Waals surface area contributed by atoms with E-state index in [1.165, 1.54) is 5.56 Å². The molecule has 13 heteroatoms. The van der Waals surface area contributed by atoms with Crippen LogP contribution in [0.4, 0.5) is 0 Å². The minimum absolute atomic E-state index is 0.00930. The molecule has 5 saturated heterocycles. The van der Waals surface area contributed by atoms with E-state index in [-0.39, 0.29) is 60.0 Å². The zero-order valence-corrected chi connectivity index (χ0v) is 46.6. The molecule has 21 atom stereocenters. The first kappa shape index (κ1) is 50.7. The van der Waals surface area contributed by atoms with Crippen LogP contribution in [0.1, 0.15) is 146 Å². The zero-order chi connectivity index (χ0) is 53.9. The maximum absolute atomic E-state index is 16.6. The maximum atomic E-state index is 16.6. The molecular weight excluding hydrogens is 997 g/mol. The highest BCUT2D eigenvalue weighted by Crippen LogP contribution is 2.86. The Kier molecular flexibility index (Phi) is 10.9. The van der Waals surface area contributed by atoms with Crippen molar-refractivity contribution in [2.45, 2.75) is 190 Å². The summed E-state index contributed by atoms with van der Waals surface area (Å²) >= 11 is 0. The molecule has 6 aliphatic heterocycles. The lowest BCUT2D eigenvalue weighted by Gasteiger charge is -2.72. The number of esters is 2. The van der Waals surface area contributed by atoms with Gasteiger partial charge in [0.2, 0.25) is 0 Å². The number of nitrogens with one attached hydrogen (secondary N) is 1. The third kappa shape index (κ3) is 6.23. The first-order chi connectivity index (χ1) is 38.1. The fraction of sp³-hybridized carbons (Fsp3) is 0.742. The molecule has 11 fully saturated rings. The average Bonchev–Trinajstić information content (AvgIpc) is 1.78. The lowest BCUT2D eigenvalue weighted by molar-refractivity contribution is -0.307. The SMILES string of the molecule is CC1(C)OC2C3(CCC4(CCCC4)C3)C(=O)OCC23C1C(=O)C(O)C12C4CC(Cc5ccccc5)CCC4C#CC4CCc5coc(CC(C(O)CO)C6CCC7C(C=CN8CNCC78)C6)c5C45OC(=O)C4OC41C5(C)CCC32. The number of allylic oxidation sites excluding steroid dienone is 1. The van der Waals surface area contributed by atoms with Crippen molar-refractivity contribution in [2.24, 2.45) is 86.3 Å². The van der Waals surface area contributed by atoms with Gasteiger partial charge in [0, 0.05) is 46.7 Å². The molecule has 422 valence electrons. The molecule has 6 saturated carbocycles. The van der Waals surface area contributed by atoms with Crippen LogP contribution in [-0.2, 0) is 58.2 Å². The molecule has 4 N–H and O–H groups in total. The molecule has 8 aliphatic carbocycles. The van der Waals surface area contributed by atoms with Crippen molar-refractivity contribution in [2.75, 3.05) is 26.4 Å². The van der Waals surface area contributed by atoms with Crippen LogP contribution in [0.25, 0.3) is 0 Å². The molecule has 7 heterocycles. The summed E-state index contributed by atoms with van der Waals surface area (Å²) in [6.07, 6.45) is 17.6. The topological polar surface area (TPSA) is 181 Å². The van der Waals surface area contributed by atoms with Crippen LogP contribution in [0.15, 0.2) is 53.3 Å². The highest BCUT2D eigenvalue weighted by atomic mass is 16.7. The number of aliphatic hydroxyl groups is 3. The Morgan fingerprint density at radius 2 is 1.76 bits per heavy atom. The van der Waals surface area contributed by atoms with Gasteiger partial charge >= 0.3 is 11.9 Å². The summed E-state index contributed by atoms with van der Waals surface area (Å²) in [6, 6.07) is 11.1. The van der Waals surface area contributed by atoms with Crippen LogP contribution < -0.4 is 5.32 Å². The van der Waals surface area contributed by atoms with Gasteiger partial charge in [-0.25, -0.2) is 4.79 Å². The van der Waals surface area contributed by atoms with Crippen LogP contribution >= 0.6 is 0 Å². The van der Waals surface area contributed by atoms with E-state index in [2.05, 4.69) is 71.6 Å². The second-order valence-corrected chi connectivity index (χ2v) is 29.4. The van der Waals surface area contributed by atoms with Crippen molar-refractivity contribution in [1.82, 2.24) is 10.2 Å². The highest BCUT2D eigenvalue weighted by Gasteiger charge is 2.96. The molecule has 16 rings (SSSR count). The Morgan fingerprint density at radius 3 is 2.58 bits per heavy atom. The molecule has 2 aromatic rings. The van der Waals surface area contributed by atoms with Gasteiger partial charge in [-0.15, -0.1) is 0 Å². The number of rotatable bonds is 7. The zero-order valence-electron chi connectivity index (χ0n) is 46.6. The van der Waals surface area contributed by atoms with Crippen molar-refractivity contribution in [3.63, 3.8) is 0 Å². The minimum Gasteiger partial charge on any atom is -0.469 e. The van der Waals surface area contributed by atoms with E-state index in [1.54, 1.807) is 0 Å². The van der Waals surface area contributed by atoms with Crippen LogP contribution in [0, 0.1) is 98.1 Å². The average molecular weight is 1080 g/mol. The number of hydrogen-bond acceptors (Lipinski definition) is 13. The van der Waals surface area contributed by atoms with Crippen LogP contribution in [0.3, 0.4) is 0 Å². The van der Waals surface area contributed by atoms with Crippen molar-refractivity contribution in [3.05, 3.63) is 71.3 Å². The maximum Gasteiger partial charge on any atom is 0.339 e. The number of hydrogen-bond donors (Lipinski definition) is 4. The van der Waals surface area contributed by atoms with Gasteiger partial charge in [0.05, 0.1) is 54.6 Å². The minimum atomic E-state index is -1.55. The summed E-state index contributed by atoms with van der Waals surface area (Å²) in [6.45, 7) is 7.73. The third-order valence-electron chi connectivity index (χ3n) is 26.2. The molecular formula is C66H82N2O11.